The van der Waals surface area contributed by atoms with E-state index >= 15 is 0 Å². The van der Waals surface area contributed by atoms with Crippen LogP contribution in [0.3, 0.4) is 0 Å². The molecule has 0 radical (unpaired) electrons. The third-order valence-electron chi connectivity index (χ3n) is 5.85. The van der Waals surface area contributed by atoms with Crippen molar-refractivity contribution in [2.75, 3.05) is 11.9 Å². The fraction of sp³-hybridized carbons (Fsp3) is 0.292. The van der Waals surface area contributed by atoms with Gasteiger partial charge in [0.15, 0.2) is 5.65 Å². The number of nitrogens with zero attached hydrogens (tertiary/aromatic N) is 3. The van der Waals surface area contributed by atoms with Gasteiger partial charge in [0.2, 0.25) is 5.91 Å². The van der Waals surface area contributed by atoms with Gasteiger partial charge >= 0.3 is 0 Å². The number of hydrogen-bond acceptors (Lipinski definition) is 5. The van der Waals surface area contributed by atoms with E-state index in [1.165, 1.54) is 11.4 Å². The number of hydrogen-bond donors (Lipinski definition) is 2. The smallest absolute Gasteiger partial charge is 0.277 e. The van der Waals surface area contributed by atoms with Crippen molar-refractivity contribution in [2.24, 2.45) is 0 Å². The van der Waals surface area contributed by atoms with Crippen LogP contribution in [0, 0.1) is 13.8 Å². The average molecular weight is 431 g/mol. The van der Waals surface area contributed by atoms with E-state index in [0.29, 0.717) is 12.2 Å². The predicted octanol–water partition coefficient (Wildman–Crippen LogP) is 3.42. The first kappa shape index (κ1) is 20.3. The zero-order chi connectivity index (χ0) is 22.4. The minimum atomic E-state index is -0.0878. The maximum absolute atomic E-state index is 13.3. The number of amides is 1. The third kappa shape index (κ3) is 3.73. The number of aromatic nitrogens is 3. The number of furan rings is 1. The van der Waals surface area contributed by atoms with Crippen molar-refractivity contribution in [1.82, 2.24) is 19.5 Å². The molecule has 0 unspecified atom stereocenters. The van der Waals surface area contributed by atoms with Crippen LogP contribution in [0.2, 0.25) is 0 Å². The lowest BCUT2D eigenvalue weighted by Gasteiger charge is -2.27. The van der Waals surface area contributed by atoms with Crippen LogP contribution in [0.5, 0.6) is 0 Å². The molecule has 5 rings (SSSR count). The van der Waals surface area contributed by atoms with Gasteiger partial charge in [-0.1, -0.05) is 12.1 Å². The average Bonchev–Trinajstić information content (AvgIpc) is 3.32. The molecule has 0 saturated carbocycles. The number of aryl methyl sites for hydroxylation is 2. The molecule has 164 valence electrons. The van der Waals surface area contributed by atoms with Crippen molar-refractivity contribution in [2.45, 2.75) is 40.3 Å². The Hall–Kier alpha value is -3.65. The molecule has 0 saturated heterocycles. The molecular formula is C24H25N5O3. The first-order valence-corrected chi connectivity index (χ1v) is 10.7. The molecule has 1 aliphatic heterocycles. The van der Waals surface area contributed by atoms with Crippen molar-refractivity contribution in [3.63, 3.8) is 0 Å². The number of H-pyrrole nitrogens is 1. The molecule has 0 aliphatic carbocycles. The van der Waals surface area contributed by atoms with E-state index < -0.39 is 0 Å². The SMILES string of the molecule is CC(=O)Nc1ccc(CN2CCc3nc4cc(-c5cc(C)oc5C)[nH]n4c(=O)c3C2)cc1. The molecule has 0 bridgehead atoms. The molecule has 4 heterocycles. The maximum atomic E-state index is 13.3. The lowest BCUT2D eigenvalue weighted by molar-refractivity contribution is -0.114. The van der Waals surface area contributed by atoms with Crippen LogP contribution in [0.25, 0.3) is 16.9 Å². The second kappa shape index (κ2) is 7.80. The summed E-state index contributed by atoms with van der Waals surface area (Å²) >= 11 is 0. The zero-order valence-corrected chi connectivity index (χ0v) is 18.4. The Morgan fingerprint density at radius 2 is 2.00 bits per heavy atom. The van der Waals surface area contributed by atoms with Crippen LogP contribution >= 0.6 is 0 Å². The fourth-order valence-corrected chi connectivity index (χ4v) is 4.36. The second-order valence-electron chi connectivity index (χ2n) is 8.37. The molecule has 3 aromatic heterocycles. The Bertz CT molecular complexity index is 1380. The Morgan fingerprint density at radius 3 is 2.69 bits per heavy atom. The van der Waals surface area contributed by atoms with Gasteiger partial charge in [-0.15, -0.1) is 0 Å². The first-order chi connectivity index (χ1) is 15.4. The molecule has 0 spiro atoms. The molecule has 0 fully saturated rings. The van der Waals surface area contributed by atoms with Crippen LogP contribution in [0.1, 0.15) is 35.3 Å². The molecule has 1 aliphatic rings. The highest BCUT2D eigenvalue weighted by Crippen LogP contribution is 2.26. The number of rotatable bonds is 4. The van der Waals surface area contributed by atoms with Crippen LogP contribution in [0.4, 0.5) is 5.69 Å². The van der Waals surface area contributed by atoms with Crippen LogP contribution in [-0.2, 0) is 24.3 Å². The van der Waals surface area contributed by atoms with Gasteiger partial charge in [-0.25, -0.2) is 9.50 Å². The topological polar surface area (TPSA) is 95.6 Å². The summed E-state index contributed by atoms with van der Waals surface area (Å²) in [5.74, 6) is 1.55. The van der Waals surface area contributed by atoms with Gasteiger partial charge in [0, 0.05) is 50.3 Å². The molecule has 2 N–H and O–H groups in total. The van der Waals surface area contributed by atoms with Gasteiger partial charge in [-0.3, -0.25) is 19.6 Å². The molecule has 32 heavy (non-hydrogen) atoms. The minimum Gasteiger partial charge on any atom is -0.466 e. The predicted molar refractivity (Wildman–Crippen MR) is 122 cm³/mol. The van der Waals surface area contributed by atoms with E-state index in [9.17, 15) is 9.59 Å². The van der Waals surface area contributed by atoms with Crippen molar-refractivity contribution in [3.8, 4) is 11.3 Å². The zero-order valence-electron chi connectivity index (χ0n) is 18.4. The Labute approximate surface area is 184 Å². The number of nitrogens with one attached hydrogen (secondary N) is 2. The van der Waals surface area contributed by atoms with Crippen LogP contribution in [0.15, 0.2) is 45.6 Å². The lowest BCUT2D eigenvalue weighted by Crippen LogP contribution is -2.36. The number of fused-ring (bicyclic) bond motifs is 2. The molecule has 8 nitrogen and oxygen atoms in total. The van der Waals surface area contributed by atoms with E-state index in [1.54, 1.807) is 0 Å². The number of carbonyl (C=O) groups excluding carboxylic acids is 1. The van der Waals surface area contributed by atoms with Gasteiger partial charge in [-0.2, -0.15) is 0 Å². The highest BCUT2D eigenvalue weighted by atomic mass is 16.3. The highest BCUT2D eigenvalue weighted by Gasteiger charge is 2.23. The first-order valence-electron chi connectivity index (χ1n) is 10.7. The summed E-state index contributed by atoms with van der Waals surface area (Å²) in [6.45, 7) is 7.43. The maximum Gasteiger partial charge on any atom is 0.277 e. The van der Waals surface area contributed by atoms with Crippen LogP contribution < -0.4 is 10.9 Å². The van der Waals surface area contributed by atoms with Gasteiger partial charge < -0.3 is 9.73 Å². The third-order valence-corrected chi connectivity index (χ3v) is 5.85. The van der Waals surface area contributed by atoms with Crippen LogP contribution in [-0.4, -0.2) is 31.9 Å². The molecule has 8 heteroatoms. The summed E-state index contributed by atoms with van der Waals surface area (Å²) in [7, 11) is 0. The molecule has 1 amide bonds. The van der Waals surface area contributed by atoms with Gasteiger partial charge in [0.05, 0.1) is 17.0 Å². The monoisotopic (exact) mass is 431 g/mol. The van der Waals surface area contributed by atoms with Crippen molar-refractivity contribution in [1.29, 1.82) is 0 Å². The second-order valence-corrected chi connectivity index (χ2v) is 8.37. The van der Waals surface area contributed by atoms with E-state index in [1.807, 2.05) is 50.2 Å². The standard InChI is InChI=1S/C24H25N5O3/c1-14-10-19(15(2)32-14)22-11-23-26-21-8-9-28(13-20(21)24(31)29(23)27-22)12-17-4-6-18(7-5-17)25-16(3)30/h4-7,10-11,27H,8-9,12-13H2,1-3H3,(H,25,30). The van der Waals surface area contributed by atoms with Gasteiger partial charge in [0.1, 0.15) is 11.5 Å². The van der Waals surface area contributed by atoms with E-state index in [2.05, 4.69) is 15.3 Å². The molecule has 0 atom stereocenters. The Balaban J connectivity index is 1.40. The minimum absolute atomic E-state index is 0.0557. The number of anilines is 1. The van der Waals surface area contributed by atoms with E-state index in [0.717, 1.165) is 64.8 Å². The summed E-state index contributed by atoms with van der Waals surface area (Å²) in [6, 6.07) is 11.7. The summed E-state index contributed by atoms with van der Waals surface area (Å²) in [4.78, 5) is 31.5. The number of benzene rings is 1. The van der Waals surface area contributed by atoms with Gasteiger partial charge in [-0.05, 0) is 37.6 Å². The largest absolute Gasteiger partial charge is 0.466 e. The van der Waals surface area contributed by atoms with E-state index in [-0.39, 0.29) is 11.5 Å². The van der Waals surface area contributed by atoms with Crippen molar-refractivity contribution >= 4 is 17.2 Å². The number of carbonyl (C=O) groups is 1. The molecule has 1 aromatic carbocycles. The Morgan fingerprint density at radius 1 is 1.22 bits per heavy atom. The summed E-state index contributed by atoms with van der Waals surface area (Å²) < 4.78 is 7.17. The summed E-state index contributed by atoms with van der Waals surface area (Å²) in [5, 5.41) is 5.98. The number of aromatic amines is 1. The molecular weight excluding hydrogens is 406 g/mol. The lowest BCUT2D eigenvalue weighted by atomic mass is 10.1. The Kier molecular flexibility index (Phi) is 4.94. The fourth-order valence-electron chi connectivity index (χ4n) is 4.36. The highest BCUT2D eigenvalue weighted by molar-refractivity contribution is 5.88. The van der Waals surface area contributed by atoms with Gasteiger partial charge in [0.25, 0.3) is 5.56 Å². The van der Waals surface area contributed by atoms with Crippen molar-refractivity contribution < 1.29 is 9.21 Å². The van der Waals surface area contributed by atoms with E-state index in [4.69, 9.17) is 9.40 Å². The molecule has 4 aromatic rings. The van der Waals surface area contributed by atoms with Crippen molar-refractivity contribution in [3.05, 3.63) is 75.1 Å². The normalized spacial score (nSPS) is 14.0. The summed E-state index contributed by atoms with van der Waals surface area (Å²) in [6.07, 6.45) is 0.732. The summed E-state index contributed by atoms with van der Waals surface area (Å²) in [5.41, 5.74) is 5.85. The quantitative estimate of drug-likeness (QED) is 0.516.